The lowest BCUT2D eigenvalue weighted by Gasteiger charge is -2.27. The van der Waals surface area contributed by atoms with Crippen molar-refractivity contribution in [1.82, 2.24) is 15.1 Å². The molecule has 0 unspecified atom stereocenters. The summed E-state index contributed by atoms with van der Waals surface area (Å²) in [6.45, 7) is 9.67. The van der Waals surface area contributed by atoms with Crippen molar-refractivity contribution >= 4 is 11.9 Å². The Kier molecular flexibility index (Phi) is 7.38. The van der Waals surface area contributed by atoms with Crippen LogP contribution in [-0.2, 0) is 17.7 Å². The number of rotatable bonds is 9. The second-order valence-electron chi connectivity index (χ2n) is 6.83. The Morgan fingerprint density at radius 2 is 1.65 bits per heavy atom. The monoisotopic (exact) mass is 431 g/mol. The third-order valence-corrected chi connectivity index (χ3v) is 4.85. The Bertz CT molecular complexity index is 912. The van der Waals surface area contributed by atoms with Crippen molar-refractivity contribution in [3.63, 3.8) is 0 Å². The standard InChI is InChI=1S/C22H29N3O6/c1-5-28-17-11-14(12-18(29-6-2)20(17)30-7-3)21(26)25-10-9-16-15(13-25)19(24-23-16)22(27)31-8-4/h11-12H,5-10,13H2,1-4H3,(H,23,24). The Hall–Kier alpha value is -3.23. The molecule has 3 rings (SSSR count). The second-order valence-corrected chi connectivity index (χ2v) is 6.83. The molecule has 168 valence electrons. The molecule has 0 aliphatic carbocycles. The van der Waals surface area contributed by atoms with Gasteiger partial charge >= 0.3 is 5.97 Å². The quantitative estimate of drug-likeness (QED) is 0.609. The van der Waals surface area contributed by atoms with E-state index < -0.39 is 5.97 Å². The van der Waals surface area contributed by atoms with Crippen LogP contribution in [0.4, 0.5) is 0 Å². The van der Waals surface area contributed by atoms with Crippen molar-refractivity contribution in [3.05, 3.63) is 34.6 Å². The SMILES string of the molecule is CCOC(=O)c1n[nH]c2c1CN(C(=O)c1cc(OCC)c(OCC)c(OCC)c1)CC2. The van der Waals surface area contributed by atoms with Crippen molar-refractivity contribution in [1.29, 1.82) is 0 Å². The van der Waals surface area contributed by atoms with Crippen molar-refractivity contribution in [3.8, 4) is 17.2 Å². The number of nitrogens with one attached hydrogen (secondary N) is 1. The summed E-state index contributed by atoms with van der Waals surface area (Å²) in [5.41, 5.74) is 2.20. The fourth-order valence-electron chi connectivity index (χ4n) is 3.53. The van der Waals surface area contributed by atoms with Crippen LogP contribution in [0.1, 0.15) is 59.8 Å². The lowest BCUT2D eigenvalue weighted by atomic mass is 10.0. The van der Waals surface area contributed by atoms with Crippen LogP contribution in [0, 0.1) is 0 Å². The molecule has 1 aromatic heterocycles. The zero-order valence-corrected chi connectivity index (χ0v) is 18.4. The van der Waals surface area contributed by atoms with Gasteiger partial charge < -0.3 is 23.8 Å². The van der Waals surface area contributed by atoms with Crippen LogP contribution in [0.5, 0.6) is 17.2 Å². The number of esters is 1. The fraction of sp³-hybridized carbons (Fsp3) is 0.500. The van der Waals surface area contributed by atoms with Gasteiger partial charge in [0.1, 0.15) is 0 Å². The van der Waals surface area contributed by atoms with Crippen LogP contribution in [0.2, 0.25) is 0 Å². The number of hydrogen-bond acceptors (Lipinski definition) is 7. The number of aromatic amines is 1. The van der Waals surface area contributed by atoms with Gasteiger partial charge in [0.05, 0.1) is 33.0 Å². The molecule has 9 nitrogen and oxygen atoms in total. The van der Waals surface area contributed by atoms with Crippen molar-refractivity contribution in [2.45, 2.75) is 40.7 Å². The third-order valence-electron chi connectivity index (χ3n) is 4.85. The Morgan fingerprint density at radius 3 is 2.23 bits per heavy atom. The molecule has 0 bridgehead atoms. The van der Waals surface area contributed by atoms with Crippen LogP contribution in [0.3, 0.4) is 0 Å². The lowest BCUT2D eigenvalue weighted by molar-refractivity contribution is 0.0513. The van der Waals surface area contributed by atoms with E-state index in [9.17, 15) is 9.59 Å². The predicted octanol–water partition coefficient (Wildman–Crippen LogP) is 2.98. The van der Waals surface area contributed by atoms with E-state index in [4.69, 9.17) is 18.9 Å². The number of carbonyl (C=O) groups is 2. The molecule has 0 saturated heterocycles. The maximum absolute atomic E-state index is 13.3. The highest BCUT2D eigenvalue weighted by Crippen LogP contribution is 2.39. The summed E-state index contributed by atoms with van der Waals surface area (Å²) in [6.07, 6.45) is 0.571. The molecule has 0 atom stereocenters. The van der Waals surface area contributed by atoms with Gasteiger partial charge in [0.25, 0.3) is 5.91 Å². The van der Waals surface area contributed by atoms with Gasteiger partial charge in [0.15, 0.2) is 17.2 Å². The first-order valence-electron chi connectivity index (χ1n) is 10.6. The van der Waals surface area contributed by atoms with Crippen molar-refractivity contribution < 1.29 is 28.5 Å². The molecular weight excluding hydrogens is 402 g/mol. The number of carbonyl (C=O) groups excluding carboxylic acids is 2. The molecule has 9 heteroatoms. The summed E-state index contributed by atoms with van der Waals surface area (Å²) in [7, 11) is 0. The van der Waals surface area contributed by atoms with Gasteiger partial charge in [-0.25, -0.2) is 4.79 Å². The number of ether oxygens (including phenoxy) is 4. The number of aromatic nitrogens is 2. The minimum Gasteiger partial charge on any atom is -0.490 e. The van der Waals surface area contributed by atoms with Gasteiger partial charge in [-0.3, -0.25) is 9.89 Å². The topological polar surface area (TPSA) is 103 Å². The molecule has 0 spiro atoms. The summed E-state index contributed by atoms with van der Waals surface area (Å²) in [5, 5.41) is 6.99. The van der Waals surface area contributed by atoms with Gasteiger partial charge in [-0.05, 0) is 39.8 Å². The number of amides is 1. The normalized spacial score (nSPS) is 12.8. The molecule has 1 amide bonds. The molecule has 2 aromatic rings. The van der Waals surface area contributed by atoms with E-state index >= 15 is 0 Å². The van der Waals surface area contributed by atoms with Gasteiger partial charge in [-0.15, -0.1) is 0 Å². The predicted molar refractivity (Wildman–Crippen MR) is 113 cm³/mol. The van der Waals surface area contributed by atoms with E-state index in [1.165, 1.54) is 0 Å². The van der Waals surface area contributed by atoms with Crippen LogP contribution in [0.25, 0.3) is 0 Å². The highest BCUT2D eigenvalue weighted by Gasteiger charge is 2.30. The summed E-state index contributed by atoms with van der Waals surface area (Å²) in [4.78, 5) is 27.2. The third kappa shape index (κ3) is 4.76. The summed E-state index contributed by atoms with van der Waals surface area (Å²) in [6, 6.07) is 3.35. The highest BCUT2D eigenvalue weighted by molar-refractivity contribution is 5.96. The van der Waals surface area contributed by atoms with Crippen LogP contribution >= 0.6 is 0 Å². The maximum Gasteiger partial charge on any atom is 0.359 e. The van der Waals surface area contributed by atoms with E-state index in [-0.39, 0.29) is 24.8 Å². The molecule has 0 radical (unpaired) electrons. The summed E-state index contributed by atoms with van der Waals surface area (Å²) >= 11 is 0. The van der Waals surface area contributed by atoms with Crippen molar-refractivity contribution in [2.75, 3.05) is 33.0 Å². The summed E-state index contributed by atoms with van der Waals surface area (Å²) in [5.74, 6) is 0.737. The smallest absolute Gasteiger partial charge is 0.359 e. The molecule has 1 N–H and O–H groups in total. The van der Waals surface area contributed by atoms with E-state index in [0.717, 1.165) is 5.69 Å². The fourth-order valence-corrected chi connectivity index (χ4v) is 3.53. The number of fused-ring (bicyclic) bond motifs is 1. The van der Waals surface area contributed by atoms with Crippen LogP contribution in [-0.4, -0.2) is 59.9 Å². The van der Waals surface area contributed by atoms with Gasteiger partial charge in [0.2, 0.25) is 5.75 Å². The molecule has 2 heterocycles. The number of hydrogen-bond donors (Lipinski definition) is 1. The molecule has 1 aliphatic heterocycles. The molecule has 31 heavy (non-hydrogen) atoms. The maximum atomic E-state index is 13.3. The highest BCUT2D eigenvalue weighted by atomic mass is 16.5. The van der Waals surface area contributed by atoms with E-state index in [1.807, 2.05) is 20.8 Å². The zero-order chi connectivity index (χ0) is 22.4. The second kappa shape index (κ2) is 10.2. The molecular formula is C22H29N3O6. The Balaban J connectivity index is 1.91. The number of benzene rings is 1. The van der Waals surface area contributed by atoms with Gasteiger partial charge in [-0.2, -0.15) is 5.10 Å². The Labute approximate surface area is 181 Å². The first kappa shape index (κ1) is 22.5. The first-order valence-corrected chi connectivity index (χ1v) is 10.6. The van der Waals surface area contributed by atoms with Crippen molar-refractivity contribution in [2.24, 2.45) is 0 Å². The van der Waals surface area contributed by atoms with E-state index in [1.54, 1.807) is 24.0 Å². The zero-order valence-electron chi connectivity index (χ0n) is 18.4. The van der Waals surface area contributed by atoms with Crippen LogP contribution < -0.4 is 14.2 Å². The molecule has 0 fully saturated rings. The van der Waals surface area contributed by atoms with Crippen LogP contribution in [0.15, 0.2) is 12.1 Å². The molecule has 1 aliphatic rings. The van der Waals surface area contributed by atoms with E-state index in [2.05, 4.69) is 10.2 Å². The van der Waals surface area contributed by atoms with Gasteiger partial charge in [0, 0.05) is 29.8 Å². The lowest BCUT2D eigenvalue weighted by Crippen LogP contribution is -2.36. The molecule has 0 saturated carbocycles. The Morgan fingerprint density at radius 1 is 1.00 bits per heavy atom. The largest absolute Gasteiger partial charge is 0.490 e. The van der Waals surface area contributed by atoms with Gasteiger partial charge in [-0.1, -0.05) is 0 Å². The average molecular weight is 431 g/mol. The number of H-pyrrole nitrogens is 1. The average Bonchev–Trinajstić information content (AvgIpc) is 3.19. The van der Waals surface area contributed by atoms with E-state index in [0.29, 0.717) is 61.2 Å². The minimum absolute atomic E-state index is 0.188. The number of nitrogens with zero attached hydrogens (tertiary/aromatic N) is 2. The summed E-state index contributed by atoms with van der Waals surface area (Å²) < 4.78 is 22.2. The minimum atomic E-state index is -0.493. The molecule has 1 aromatic carbocycles. The first-order chi connectivity index (χ1) is 15.0.